The Hall–Kier alpha value is -2.49. The minimum absolute atomic E-state index is 0.0255. The van der Waals surface area contributed by atoms with Crippen molar-refractivity contribution in [2.45, 2.75) is 20.8 Å². The minimum atomic E-state index is -0.195. The molecule has 0 radical (unpaired) electrons. The molecule has 0 aromatic heterocycles. The van der Waals surface area contributed by atoms with Gasteiger partial charge in [0.2, 0.25) is 0 Å². The van der Waals surface area contributed by atoms with Gasteiger partial charge in [-0.25, -0.2) is 0 Å². The van der Waals surface area contributed by atoms with Crippen LogP contribution in [-0.2, 0) is 4.79 Å². The van der Waals surface area contributed by atoms with Gasteiger partial charge in [-0.3, -0.25) is 4.79 Å². The van der Waals surface area contributed by atoms with Crippen LogP contribution in [0.15, 0.2) is 36.4 Å². The summed E-state index contributed by atoms with van der Waals surface area (Å²) in [7, 11) is 1.60. The van der Waals surface area contributed by atoms with Crippen LogP contribution >= 0.6 is 0 Å². The van der Waals surface area contributed by atoms with Crippen LogP contribution in [0.4, 0.5) is 5.69 Å². The normalized spacial score (nSPS) is 10.2. The van der Waals surface area contributed by atoms with Gasteiger partial charge in [-0.2, -0.15) is 0 Å². The van der Waals surface area contributed by atoms with Crippen molar-refractivity contribution < 1.29 is 14.3 Å². The van der Waals surface area contributed by atoms with Gasteiger partial charge in [-0.05, 0) is 43.5 Å². The first-order valence-corrected chi connectivity index (χ1v) is 7.14. The fourth-order valence-corrected chi connectivity index (χ4v) is 2.21. The second-order valence-electron chi connectivity index (χ2n) is 5.24. The van der Waals surface area contributed by atoms with Crippen LogP contribution in [0.2, 0.25) is 0 Å². The van der Waals surface area contributed by atoms with E-state index < -0.39 is 0 Å². The molecule has 2 aromatic rings. The molecule has 0 heterocycles. The molecule has 0 aliphatic heterocycles. The highest BCUT2D eigenvalue weighted by Gasteiger charge is 2.09. The van der Waals surface area contributed by atoms with E-state index >= 15 is 0 Å². The number of benzene rings is 2. The molecule has 1 N–H and O–H groups in total. The minimum Gasteiger partial charge on any atom is -0.497 e. The molecule has 0 unspecified atom stereocenters. The molecule has 4 nitrogen and oxygen atoms in total. The number of hydrogen-bond acceptors (Lipinski definition) is 3. The lowest BCUT2D eigenvalue weighted by Gasteiger charge is -2.13. The van der Waals surface area contributed by atoms with Gasteiger partial charge >= 0.3 is 0 Å². The molecule has 116 valence electrons. The van der Waals surface area contributed by atoms with Gasteiger partial charge in [0.1, 0.15) is 11.5 Å². The van der Waals surface area contributed by atoms with E-state index in [9.17, 15) is 4.79 Å². The van der Waals surface area contributed by atoms with Crippen molar-refractivity contribution in [3.8, 4) is 11.5 Å². The van der Waals surface area contributed by atoms with Crippen LogP contribution in [0.1, 0.15) is 16.7 Å². The first-order chi connectivity index (χ1) is 10.5. The molecule has 4 heteroatoms. The van der Waals surface area contributed by atoms with E-state index in [4.69, 9.17) is 9.47 Å². The molecule has 22 heavy (non-hydrogen) atoms. The Labute approximate surface area is 131 Å². The molecule has 1 amide bonds. The van der Waals surface area contributed by atoms with Gasteiger partial charge in [0.15, 0.2) is 6.61 Å². The summed E-state index contributed by atoms with van der Waals surface area (Å²) in [4.78, 5) is 12.1. The maximum absolute atomic E-state index is 12.1. The molecule has 0 aliphatic carbocycles. The Morgan fingerprint density at radius 1 is 1.05 bits per heavy atom. The summed E-state index contributed by atoms with van der Waals surface area (Å²) in [5.41, 5.74) is 3.74. The van der Waals surface area contributed by atoms with E-state index in [-0.39, 0.29) is 12.5 Å². The van der Waals surface area contributed by atoms with E-state index in [1.807, 2.05) is 51.1 Å². The molecular formula is C18H21NO3. The summed E-state index contributed by atoms with van der Waals surface area (Å²) in [6, 6.07) is 11.5. The molecule has 0 spiro atoms. The summed E-state index contributed by atoms with van der Waals surface area (Å²) in [6.45, 7) is 5.84. The molecule has 0 saturated heterocycles. The summed E-state index contributed by atoms with van der Waals surface area (Å²) >= 11 is 0. The van der Waals surface area contributed by atoms with Crippen molar-refractivity contribution in [2.24, 2.45) is 0 Å². The van der Waals surface area contributed by atoms with E-state index in [0.717, 1.165) is 28.1 Å². The number of methoxy groups -OCH3 is 1. The zero-order valence-corrected chi connectivity index (χ0v) is 13.4. The predicted molar refractivity (Wildman–Crippen MR) is 87.8 cm³/mol. The predicted octanol–water partition coefficient (Wildman–Crippen LogP) is 3.64. The smallest absolute Gasteiger partial charge is 0.262 e. The Morgan fingerprint density at radius 3 is 2.36 bits per heavy atom. The van der Waals surface area contributed by atoms with Crippen LogP contribution in [0.25, 0.3) is 0 Å². The largest absolute Gasteiger partial charge is 0.497 e. The van der Waals surface area contributed by atoms with E-state index in [2.05, 4.69) is 5.32 Å². The van der Waals surface area contributed by atoms with Crippen LogP contribution < -0.4 is 14.8 Å². The van der Waals surface area contributed by atoms with Crippen molar-refractivity contribution >= 4 is 11.6 Å². The second-order valence-corrected chi connectivity index (χ2v) is 5.24. The summed E-state index contributed by atoms with van der Waals surface area (Å²) in [5, 5.41) is 2.85. The summed E-state index contributed by atoms with van der Waals surface area (Å²) in [6.07, 6.45) is 0. The number of rotatable bonds is 5. The van der Waals surface area contributed by atoms with Crippen molar-refractivity contribution in [3.05, 3.63) is 53.1 Å². The molecule has 0 fully saturated rings. The lowest BCUT2D eigenvalue weighted by Crippen LogP contribution is -2.21. The zero-order chi connectivity index (χ0) is 16.1. The molecular weight excluding hydrogens is 278 g/mol. The van der Waals surface area contributed by atoms with Crippen LogP contribution in [0.5, 0.6) is 11.5 Å². The third kappa shape index (κ3) is 3.79. The number of aryl methyl sites for hydroxylation is 3. The zero-order valence-electron chi connectivity index (χ0n) is 13.4. The lowest BCUT2D eigenvalue weighted by atomic mass is 10.1. The first kappa shape index (κ1) is 15.9. The van der Waals surface area contributed by atoms with Crippen molar-refractivity contribution in [2.75, 3.05) is 19.0 Å². The quantitative estimate of drug-likeness (QED) is 0.917. The SMILES string of the molecule is COc1ccc(C)c(NC(=O)COc2c(C)cccc2C)c1. The van der Waals surface area contributed by atoms with Gasteiger partial charge in [0.05, 0.1) is 7.11 Å². The van der Waals surface area contributed by atoms with Gasteiger partial charge in [-0.1, -0.05) is 24.3 Å². The maximum Gasteiger partial charge on any atom is 0.262 e. The lowest BCUT2D eigenvalue weighted by molar-refractivity contribution is -0.118. The van der Waals surface area contributed by atoms with Crippen LogP contribution in [-0.4, -0.2) is 19.6 Å². The Balaban J connectivity index is 2.02. The maximum atomic E-state index is 12.1. The van der Waals surface area contributed by atoms with Gasteiger partial charge in [0, 0.05) is 11.8 Å². The van der Waals surface area contributed by atoms with Crippen LogP contribution in [0, 0.1) is 20.8 Å². The number of amides is 1. The van der Waals surface area contributed by atoms with Crippen LogP contribution in [0.3, 0.4) is 0 Å². The van der Waals surface area contributed by atoms with Crippen molar-refractivity contribution in [1.29, 1.82) is 0 Å². The van der Waals surface area contributed by atoms with Gasteiger partial charge < -0.3 is 14.8 Å². The Bertz CT molecular complexity index is 660. The Morgan fingerprint density at radius 2 is 1.73 bits per heavy atom. The number of nitrogens with one attached hydrogen (secondary N) is 1. The molecule has 2 aromatic carbocycles. The topological polar surface area (TPSA) is 47.6 Å². The number of carbonyl (C=O) groups is 1. The first-order valence-electron chi connectivity index (χ1n) is 7.14. The highest BCUT2D eigenvalue weighted by molar-refractivity contribution is 5.92. The monoisotopic (exact) mass is 299 g/mol. The van der Waals surface area contributed by atoms with E-state index in [1.54, 1.807) is 13.2 Å². The van der Waals surface area contributed by atoms with Gasteiger partial charge in [0.25, 0.3) is 5.91 Å². The van der Waals surface area contributed by atoms with Crippen molar-refractivity contribution in [3.63, 3.8) is 0 Å². The van der Waals surface area contributed by atoms with E-state index in [1.165, 1.54) is 0 Å². The molecule has 0 saturated carbocycles. The average Bonchev–Trinajstić information content (AvgIpc) is 2.49. The number of anilines is 1. The fourth-order valence-electron chi connectivity index (χ4n) is 2.21. The molecule has 0 atom stereocenters. The highest BCUT2D eigenvalue weighted by Crippen LogP contribution is 2.23. The number of carbonyl (C=O) groups excluding carboxylic acids is 1. The molecule has 0 bridgehead atoms. The number of hydrogen-bond donors (Lipinski definition) is 1. The van der Waals surface area contributed by atoms with Gasteiger partial charge in [-0.15, -0.1) is 0 Å². The number of ether oxygens (including phenoxy) is 2. The number of para-hydroxylation sites is 1. The summed E-state index contributed by atoms with van der Waals surface area (Å²) < 4.78 is 10.8. The average molecular weight is 299 g/mol. The third-order valence-corrected chi connectivity index (χ3v) is 3.48. The molecule has 0 aliphatic rings. The van der Waals surface area contributed by atoms with Crippen molar-refractivity contribution in [1.82, 2.24) is 0 Å². The third-order valence-electron chi connectivity index (χ3n) is 3.48. The van der Waals surface area contributed by atoms with E-state index in [0.29, 0.717) is 5.75 Å². The standard InChI is InChI=1S/C18H21NO3/c1-12-8-9-15(21-4)10-16(12)19-17(20)11-22-18-13(2)6-5-7-14(18)3/h5-10H,11H2,1-4H3,(H,19,20). The summed E-state index contributed by atoms with van der Waals surface area (Å²) in [5.74, 6) is 1.27. The Kier molecular flexibility index (Phi) is 5.04. The second kappa shape index (κ2) is 6.98. The highest BCUT2D eigenvalue weighted by atomic mass is 16.5. The molecule has 2 rings (SSSR count). The fraction of sp³-hybridized carbons (Fsp3) is 0.278.